The Balaban J connectivity index is 1.53. The van der Waals surface area contributed by atoms with Crippen LogP contribution in [0.1, 0.15) is 139 Å². The Morgan fingerprint density at radius 2 is 1.69 bits per heavy atom. The monoisotopic (exact) mass is 584 g/mol. The van der Waals surface area contributed by atoms with E-state index in [0.717, 1.165) is 77.0 Å². The van der Waals surface area contributed by atoms with Crippen LogP contribution in [0.2, 0.25) is 0 Å². The number of carbonyl (C=O) groups is 2. The Labute approximate surface area is 256 Å². The van der Waals surface area contributed by atoms with E-state index in [4.69, 9.17) is 9.47 Å². The lowest BCUT2D eigenvalue weighted by Crippen LogP contribution is -2.58. The summed E-state index contributed by atoms with van der Waals surface area (Å²) in [6, 6.07) is 0. The summed E-state index contributed by atoms with van der Waals surface area (Å²) < 4.78 is 12.0. The lowest BCUT2D eigenvalue weighted by molar-refractivity contribution is -0.209. The zero-order chi connectivity index (χ0) is 31.1. The van der Waals surface area contributed by atoms with Crippen LogP contribution < -0.4 is 0 Å². The standard InChI is InChI=1S/C37H60O5/c1-25(17-23-41-27(3)38)12-14-29-26(2)13-15-30-35(29,7)19-11-20-36(30,8)32(39)42-37(9)21-10-18-34(6)22-16-28(24-31(34)37)33(4,5)40/h17,28-31,40H,2,10-16,18-24H2,1,3-9H3. The Morgan fingerprint density at radius 1 is 1.00 bits per heavy atom. The molecule has 0 aromatic carbocycles. The van der Waals surface area contributed by atoms with Gasteiger partial charge in [-0.3, -0.25) is 9.59 Å². The third-order valence-electron chi connectivity index (χ3n) is 12.9. The Morgan fingerprint density at radius 3 is 2.36 bits per heavy atom. The van der Waals surface area contributed by atoms with Crippen molar-refractivity contribution in [3.63, 3.8) is 0 Å². The van der Waals surface area contributed by atoms with Crippen LogP contribution in [0.15, 0.2) is 23.8 Å². The van der Waals surface area contributed by atoms with Gasteiger partial charge in [-0.05, 0) is 146 Å². The molecule has 4 fully saturated rings. The van der Waals surface area contributed by atoms with E-state index in [2.05, 4.69) is 41.2 Å². The minimum Gasteiger partial charge on any atom is -0.462 e. The number of carbonyl (C=O) groups excluding carboxylic acids is 2. The van der Waals surface area contributed by atoms with Gasteiger partial charge in [0.05, 0.1) is 11.0 Å². The summed E-state index contributed by atoms with van der Waals surface area (Å²) in [5, 5.41) is 10.9. The fourth-order valence-corrected chi connectivity index (χ4v) is 10.3. The van der Waals surface area contributed by atoms with E-state index < -0.39 is 16.6 Å². The highest BCUT2D eigenvalue weighted by molar-refractivity contribution is 5.78. The lowest BCUT2D eigenvalue weighted by atomic mass is 9.46. The fourth-order valence-electron chi connectivity index (χ4n) is 10.3. The highest BCUT2D eigenvalue weighted by Gasteiger charge is 2.60. The van der Waals surface area contributed by atoms with Gasteiger partial charge < -0.3 is 14.6 Å². The van der Waals surface area contributed by atoms with E-state index in [1.807, 2.05) is 19.9 Å². The quantitative estimate of drug-likeness (QED) is 0.228. The van der Waals surface area contributed by atoms with Crippen LogP contribution in [0.5, 0.6) is 0 Å². The van der Waals surface area contributed by atoms with Crippen molar-refractivity contribution in [1.29, 1.82) is 0 Å². The lowest BCUT2D eigenvalue weighted by Gasteiger charge is -2.60. The molecule has 5 nitrogen and oxygen atoms in total. The van der Waals surface area contributed by atoms with Gasteiger partial charge in [0.2, 0.25) is 0 Å². The molecule has 0 radical (unpaired) electrons. The minimum atomic E-state index is -0.714. The molecule has 4 rings (SSSR count). The van der Waals surface area contributed by atoms with E-state index in [0.29, 0.717) is 12.5 Å². The molecule has 0 amide bonds. The average molecular weight is 585 g/mol. The molecule has 0 bridgehead atoms. The smallest absolute Gasteiger partial charge is 0.312 e. The van der Waals surface area contributed by atoms with Gasteiger partial charge in [0, 0.05) is 12.8 Å². The zero-order valence-corrected chi connectivity index (χ0v) is 28.1. The van der Waals surface area contributed by atoms with E-state index >= 15 is 0 Å². The third kappa shape index (κ3) is 6.42. The van der Waals surface area contributed by atoms with Gasteiger partial charge in [0.1, 0.15) is 12.2 Å². The van der Waals surface area contributed by atoms with Gasteiger partial charge in [-0.25, -0.2) is 0 Å². The topological polar surface area (TPSA) is 72.8 Å². The number of hydrogen-bond acceptors (Lipinski definition) is 5. The van der Waals surface area contributed by atoms with Crippen molar-refractivity contribution in [2.24, 2.45) is 39.9 Å². The summed E-state index contributed by atoms with van der Waals surface area (Å²) in [5.74, 6) is 0.889. The molecule has 4 aliphatic rings. The van der Waals surface area contributed by atoms with E-state index in [1.54, 1.807) is 0 Å². The molecule has 0 heterocycles. The molecular weight excluding hydrogens is 524 g/mol. The first-order valence-corrected chi connectivity index (χ1v) is 16.9. The predicted molar refractivity (Wildman–Crippen MR) is 169 cm³/mol. The molecule has 0 aromatic heterocycles. The summed E-state index contributed by atoms with van der Waals surface area (Å²) in [6.45, 7) is 21.6. The number of hydrogen-bond donors (Lipinski definition) is 1. The van der Waals surface area contributed by atoms with Gasteiger partial charge in [-0.15, -0.1) is 0 Å². The molecule has 0 saturated heterocycles. The van der Waals surface area contributed by atoms with Gasteiger partial charge in [0.25, 0.3) is 0 Å². The molecule has 4 aliphatic carbocycles. The van der Waals surface area contributed by atoms with E-state index in [1.165, 1.54) is 24.5 Å². The number of allylic oxidation sites excluding steroid dienone is 2. The van der Waals surface area contributed by atoms with Crippen LogP contribution in [0, 0.1) is 39.9 Å². The maximum absolute atomic E-state index is 14.5. The second kappa shape index (κ2) is 12.1. The SMILES string of the molecule is C=C1CCC2C(C)(C(=O)OC3(C)CCCC4(C)CCC(C(C)(C)O)CC43)CCCC2(C)C1CCC(C)=CCOC(C)=O. The van der Waals surface area contributed by atoms with Crippen molar-refractivity contribution >= 4 is 11.9 Å². The molecular formula is C37H60O5. The second-order valence-electron chi connectivity index (χ2n) is 16.4. The first-order valence-electron chi connectivity index (χ1n) is 16.9. The summed E-state index contributed by atoms with van der Waals surface area (Å²) >= 11 is 0. The number of rotatable bonds is 8. The molecule has 0 aliphatic heterocycles. The van der Waals surface area contributed by atoms with E-state index in [9.17, 15) is 14.7 Å². The summed E-state index contributed by atoms with van der Waals surface area (Å²) in [7, 11) is 0. The predicted octanol–water partition coefficient (Wildman–Crippen LogP) is 8.73. The first-order chi connectivity index (χ1) is 19.4. The molecule has 238 valence electrons. The van der Waals surface area contributed by atoms with Crippen LogP contribution in [0.4, 0.5) is 0 Å². The van der Waals surface area contributed by atoms with Crippen LogP contribution >= 0.6 is 0 Å². The van der Waals surface area contributed by atoms with Crippen molar-refractivity contribution in [1.82, 2.24) is 0 Å². The molecule has 0 spiro atoms. The normalized spacial score (nSPS) is 41.0. The Kier molecular flexibility index (Phi) is 9.55. The Hall–Kier alpha value is -1.62. The van der Waals surface area contributed by atoms with Crippen molar-refractivity contribution in [2.75, 3.05) is 6.61 Å². The van der Waals surface area contributed by atoms with E-state index in [-0.39, 0.29) is 40.5 Å². The maximum atomic E-state index is 14.5. The molecule has 8 unspecified atom stereocenters. The largest absolute Gasteiger partial charge is 0.462 e. The summed E-state index contributed by atoms with van der Waals surface area (Å²) in [4.78, 5) is 25.7. The highest BCUT2D eigenvalue weighted by Crippen LogP contribution is 2.63. The molecule has 8 atom stereocenters. The first kappa shape index (κ1) is 33.3. The van der Waals surface area contributed by atoms with Gasteiger partial charge in [-0.2, -0.15) is 0 Å². The minimum absolute atomic E-state index is 0.0103. The molecule has 5 heteroatoms. The fraction of sp³-hybridized carbons (Fsp3) is 0.838. The molecule has 42 heavy (non-hydrogen) atoms. The number of esters is 2. The van der Waals surface area contributed by atoms with Crippen LogP contribution in [-0.4, -0.2) is 34.9 Å². The van der Waals surface area contributed by atoms with Crippen LogP contribution in [0.25, 0.3) is 0 Å². The van der Waals surface area contributed by atoms with Crippen molar-refractivity contribution in [3.8, 4) is 0 Å². The van der Waals surface area contributed by atoms with Crippen molar-refractivity contribution in [2.45, 2.75) is 150 Å². The van der Waals surface area contributed by atoms with Crippen molar-refractivity contribution in [3.05, 3.63) is 23.8 Å². The third-order valence-corrected chi connectivity index (χ3v) is 12.9. The van der Waals surface area contributed by atoms with Gasteiger partial charge in [-0.1, -0.05) is 38.0 Å². The summed E-state index contributed by atoms with van der Waals surface area (Å²) in [5.41, 5.74) is 1.02. The van der Waals surface area contributed by atoms with Gasteiger partial charge in [0.15, 0.2) is 0 Å². The number of ether oxygens (including phenoxy) is 2. The highest BCUT2D eigenvalue weighted by atomic mass is 16.6. The zero-order valence-electron chi connectivity index (χ0n) is 28.1. The molecule has 1 N–H and O–H groups in total. The summed E-state index contributed by atoms with van der Waals surface area (Å²) in [6.07, 6.45) is 15.2. The second-order valence-corrected chi connectivity index (χ2v) is 16.4. The average Bonchev–Trinajstić information content (AvgIpc) is 2.87. The van der Waals surface area contributed by atoms with Crippen LogP contribution in [0.3, 0.4) is 0 Å². The number of aliphatic hydroxyl groups is 1. The van der Waals surface area contributed by atoms with Gasteiger partial charge >= 0.3 is 11.9 Å². The Bertz CT molecular complexity index is 1070. The number of fused-ring (bicyclic) bond motifs is 2. The molecule has 4 saturated carbocycles. The maximum Gasteiger partial charge on any atom is 0.312 e. The van der Waals surface area contributed by atoms with Crippen LogP contribution in [-0.2, 0) is 19.1 Å². The van der Waals surface area contributed by atoms with Crippen molar-refractivity contribution < 1.29 is 24.2 Å². The molecule has 0 aromatic rings.